The average Bonchev–Trinajstić information content (AvgIpc) is 3.24. The van der Waals surface area contributed by atoms with Crippen LogP contribution in [0.3, 0.4) is 0 Å². The molecule has 0 spiro atoms. The van der Waals surface area contributed by atoms with Crippen molar-refractivity contribution in [3.8, 4) is 0 Å². The molecule has 2 rings (SSSR count). The third-order valence-electron chi connectivity index (χ3n) is 5.36. The number of nitrogens with two attached hydrogens (primary N) is 1. The fourth-order valence-corrected chi connectivity index (χ4v) is 5.70. The maximum Gasteiger partial charge on any atom is 0.406 e. The molecular weight excluding hydrogens is 539 g/mol. The fourth-order valence-electron chi connectivity index (χ4n) is 3.29. The molecule has 1 aromatic rings. The van der Waals surface area contributed by atoms with E-state index in [0.717, 1.165) is 11.8 Å². The Hall–Kier alpha value is -1.80. The van der Waals surface area contributed by atoms with Gasteiger partial charge in [0.2, 0.25) is 0 Å². The molecule has 0 radical (unpaired) electrons. The first kappa shape index (κ1) is 32.4. The summed E-state index contributed by atoms with van der Waals surface area (Å²) in [5, 5.41) is 2.55. The summed E-state index contributed by atoms with van der Waals surface area (Å²) in [5.74, 6) is -1.69. The van der Waals surface area contributed by atoms with Crippen molar-refractivity contribution in [3.63, 3.8) is 0 Å². The van der Waals surface area contributed by atoms with E-state index in [1.807, 2.05) is 0 Å². The van der Waals surface area contributed by atoms with Crippen LogP contribution in [0.1, 0.15) is 60.6 Å². The van der Waals surface area contributed by atoms with E-state index in [-0.39, 0.29) is 36.0 Å². The van der Waals surface area contributed by atoms with Crippen molar-refractivity contribution in [2.75, 3.05) is 31.8 Å². The second-order valence-electron chi connectivity index (χ2n) is 10.1. The van der Waals surface area contributed by atoms with Gasteiger partial charge in [0.15, 0.2) is 10.9 Å². The Morgan fingerprint density at radius 2 is 2.03 bits per heavy atom. The molecule has 4 unspecified atom stereocenters. The number of thioether (sulfide) groups is 1. The molecule has 0 saturated carbocycles. The fraction of sp³-hybridized carbons (Fsp3) is 0.739. The van der Waals surface area contributed by atoms with E-state index < -0.39 is 42.9 Å². The molecule has 15 heteroatoms. The van der Waals surface area contributed by atoms with Gasteiger partial charge in [0, 0.05) is 30.9 Å². The predicted octanol–water partition coefficient (Wildman–Crippen LogP) is 2.85. The number of ether oxygens (including phenoxy) is 3. The Labute approximate surface area is 227 Å². The van der Waals surface area contributed by atoms with Crippen LogP contribution >= 0.6 is 19.5 Å². The van der Waals surface area contributed by atoms with E-state index in [0.29, 0.717) is 12.8 Å². The highest BCUT2D eigenvalue weighted by molar-refractivity contribution is 8.13. The van der Waals surface area contributed by atoms with Crippen LogP contribution in [0.4, 0.5) is 5.82 Å². The topological polar surface area (TPSA) is 170 Å². The standard InChI is InChI=1S/C23H39N4O9PS/c1-15(2)35-19(28)16(3)26-37(31,33-12-13-38-20(29)22(4,5)6)34-14-23(32-7)10-8-18(36-23)27-11-9-17(24)25-21(27)30/h9,11,15-16,18H,8,10,12-14H2,1-7H3,(H,26,31)(H2,24,25,30). The van der Waals surface area contributed by atoms with Gasteiger partial charge >= 0.3 is 19.4 Å². The Morgan fingerprint density at radius 1 is 1.34 bits per heavy atom. The summed E-state index contributed by atoms with van der Waals surface area (Å²) >= 11 is 1.05. The summed E-state index contributed by atoms with van der Waals surface area (Å²) in [5.41, 5.74) is 4.44. The number of nitrogens with zero attached hydrogens (tertiary/aromatic N) is 2. The molecule has 2 heterocycles. The van der Waals surface area contributed by atoms with Gasteiger partial charge in [-0.1, -0.05) is 32.5 Å². The number of hydrogen-bond acceptors (Lipinski definition) is 12. The minimum Gasteiger partial charge on any atom is -0.462 e. The van der Waals surface area contributed by atoms with E-state index in [1.54, 1.807) is 34.6 Å². The van der Waals surface area contributed by atoms with Gasteiger partial charge in [-0.3, -0.25) is 23.2 Å². The number of methoxy groups -OCH3 is 1. The third kappa shape index (κ3) is 9.44. The van der Waals surface area contributed by atoms with Crippen LogP contribution in [0.15, 0.2) is 17.1 Å². The predicted molar refractivity (Wildman–Crippen MR) is 142 cm³/mol. The molecule has 0 amide bonds. The molecule has 0 aromatic carbocycles. The highest BCUT2D eigenvalue weighted by Gasteiger charge is 2.44. The summed E-state index contributed by atoms with van der Waals surface area (Å²) in [6.45, 7) is 9.81. The first-order valence-electron chi connectivity index (χ1n) is 12.2. The van der Waals surface area contributed by atoms with Crippen LogP contribution in [0.5, 0.6) is 0 Å². The van der Waals surface area contributed by atoms with E-state index >= 15 is 0 Å². The zero-order chi connectivity index (χ0) is 28.7. The summed E-state index contributed by atoms with van der Waals surface area (Å²) in [7, 11) is -2.73. The van der Waals surface area contributed by atoms with Gasteiger partial charge in [0.25, 0.3) is 0 Å². The van der Waals surface area contributed by atoms with E-state index in [2.05, 4.69) is 10.1 Å². The molecule has 1 aliphatic rings. The Balaban J connectivity index is 2.12. The number of nitrogen functional groups attached to an aromatic ring is 1. The Bertz CT molecular complexity index is 1080. The van der Waals surface area contributed by atoms with Crippen LogP contribution in [-0.4, -0.2) is 64.6 Å². The molecule has 38 heavy (non-hydrogen) atoms. The highest BCUT2D eigenvalue weighted by atomic mass is 32.2. The lowest BCUT2D eigenvalue weighted by Gasteiger charge is -2.30. The quantitative estimate of drug-likeness (QED) is 0.199. The minimum absolute atomic E-state index is 0.0465. The number of rotatable bonds is 13. The van der Waals surface area contributed by atoms with Crippen LogP contribution in [0, 0.1) is 5.41 Å². The monoisotopic (exact) mass is 578 g/mol. The number of anilines is 1. The molecule has 3 N–H and O–H groups in total. The summed E-state index contributed by atoms with van der Waals surface area (Å²) < 4.78 is 42.9. The van der Waals surface area contributed by atoms with Gasteiger partial charge in [0.1, 0.15) is 24.7 Å². The second kappa shape index (κ2) is 13.5. The van der Waals surface area contributed by atoms with Gasteiger partial charge in [-0.25, -0.2) is 14.4 Å². The van der Waals surface area contributed by atoms with Crippen molar-refractivity contribution in [2.45, 2.75) is 78.5 Å². The van der Waals surface area contributed by atoms with Crippen molar-refractivity contribution in [1.82, 2.24) is 14.6 Å². The van der Waals surface area contributed by atoms with Crippen LogP contribution in [0.2, 0.25) is 0 Å². The molecular formula is C23H39N4O9PS. The van der Waals surface area contributed by atoms with Gasteiger partial charge in [-0.2, -0.15) is 4.98 Å². The average molecular weight is 579 g/mol. The molecule has 4 atom stereocenters. The second-order valence-corrected chi connectivity index (χ2v) is 12.9. The first-order valence-corrected chi connectivity index (χ1v) is 14.7. The molecule has 1 saturated heterocycles. The molecule has 0 aliphatic carbocycles. The van der Waals surface area contributed by atoms with Crippen molar-refractivity contribution < 1.29 is 37.4 Å². The lowest BCUT2D eigenvalue weighted by molar-refractivity contribution is -0.239. The van der Waals surface area contributed by atoms with Gasteiger partial charge in [-0.15, -0.1) is 0 Å². The molecule has 1 aromatic heterocycles. The summed E-state index contributed by atoms with van der Waals surface area (Å²) in [4.78, 5) is 40.5. The Morgan fingerprint density at radius 3 is 2.61 bits per heavy atom. The van der Waals surface area contributed by atoms with E-state index in [1.165, 1.54) is 30.9 Å². The lowest BCUT2D eigenvalue weighted by atomic mass is 10.00. The van der Waals surface area contributed by atoms with Crippen LogP contribution < -0.4 is 16.5 Å². The highest BCUT2D eigenvalue weighted by Crippen LogP contribution is 2.47. The van der Waals surface area contributed by atoms with Crippen LogP contribution in [-0.2, 0) is 37.4 Å². The minimum atomic E-state index is -4.12. The molecule has 0 bridgehead atoms. The van der Waals surface area contributed by atoms with Crippen molar-refractivity contribution in [1.29, 1.82) is 0 Å². The Kier molecular flexibility index (Phi) is 11.5. The third-order valence-corrected chi connectivity index (χ3v) is 8.30. The van der Waals surface area contributed by atoms with E-state index in [9.17, 15) is 18.9 Å². The zero-order valence-electron chi connectivity index (χ0n) is 22.9. The van der Waals surface area contributed by atoms with Crippen molar-refractivity contribution in [3.05, 3.63) is 22.7 Å². The van der Waals surface area contributed by atoms with Gasteiger partial charge in [-0.05, 0) is 33.3 Å². The SMILES string of the molecule is COC1(COP(=O)(NC(C)C(=O)OC(C)C)OCCSC(=O)C(C)(C)C)CCC(n2ccc(N)nc2=O)O1. The van der Waals surface area contributed by atoms with Gasteiger partial charge < -0.3 is 19.9 Å². The summed E-state index contributed by atoms with van der Waals surface area (Å²) in [6.07, 6.45) is 1.05. The number of carbonyl (C=O) groups is 2. The molecule has 216 valence electrons. The normalized spacial score (nSPS) is 22.3. The largest absolute Gasteiger partial charge is 0.462 e. The maximum atomic E-state index is 13.7. The lowest BCUT2D eigenvalue weighted by Crippen LogP contribution is -2.40. The summed E-state index contributed by atoms with van der Waals surface area (Å²) in [6, 6.07) is 0.447. The number of aromatic nitrogens is 2. The number of nitrogens with one attached hydrogen (secondary N) is 1. The van der Waals surface area contributed by atoms with Crippen LogP contribution in [0.25, 0.3) is 0 Å². The first-order chi connectivity index (χ1) is 17.6. The smallest absolute Gasteiger partial charge is 0.406 e. The molecule has 13 nitrogen and oxygen atoms in total. The number of hydrogen-bond donors (Lipinski definition) is 2. The van der Waals surface area contributed by atoms with Crippen molar-refractivity contribution >= 4 is 36.4 Å². The van der Waals surface area contributed by atoms with E-state index in [4.69, 9.17) is 29.0 Å². The number of esters is 1. The molecule has 1 aliphatic heterocycles. The number of carbonyl (C=O) groups excluding carboxylic acids is 2. The molecule has 1 fully saturated rings. The maximum absolute atomic E-state index is 13.7. The van der Waals surface area contributed by atoms with Gasteiger partial charge in [0.05, 0.1) is 12.7 Å². The van der Waals surface area contributed by atoms with Crippen molar-refractivity contribution in [2.24, 2.45) is 5.41 Å². The zero-order valence-corrected chi connectivity index (χ0v) is 24.6.